The summed E-state index contributed by atoms with van der Waals surface area (Å²) in [5, 5.41) is 0. The van der Waals surface area contributed by atoms with Crippen LogP contribution in [0.4, 0.5) is 11.8 Å². The number of rotatable bonds is 2. The van der Waals surface area contributed by atoms with Crippen LogP contribution in [-0.4, -0.2) is 88.2 Å². The third kappa shape index (κ3) is 5.48. The first-order chi connectivity index (χ1) is 20.5. The van der Waals surface area contributed by atoms with Crippen LogP contribution in [0.5, 0.6) is 0 Å². The highest BCUT2D eigenvalue weighted by atomic mass is 32.5. The predicted molar refractivity (Wildman–Crippen MR) is 151 cm³/mol. The normalized spacial score (nSPS) is 35.4. The summed E-state index contributed by atoms with van der Waals surface area (Å²) in [7, 11) is -3.76. The number of anilines is 2. The molecular weight excluding hydrogens is 630 g/mol. The van der Waals surface area contributed by atoms with Gasteiger partial charge in [-0.1, -0.05) is 0 Å². The molecule has 0 aliphatic carbocycles. The Balaban J connectivity index is 1.17. The smallest absolute Gasteiger partial charge is 0.328 e. The Morgan fingerprint density at radius 2 is 1.77 bits per heavy atom. The number of nitrogens with one attached hydrogen (secondary N) is 1. The van der Waals surface area contributed by atoms with Gasteiger partial charge in [-0.05, 0) is 11.8 Å². The summed E-state index contributed by atoms with van der Waals surface area (Å²) >= 11 is 5.33. The number of nitrogens with two attached hydrogens (primary N) is 2. The maximum atomic E-state index is 13.6. The zero-order valence-corrected chi connectivity index (χ0v) is 24.9. The lowest BCUT2D eigenvalue weighted by Gasteiger charge is -2.27. The van der Waals surface area contributed by atoms with Crippen LogP contribution in [0, 0.1) is 0 Å². The monoisotopic (exact) mass is 656 g/mol. The molecule has 3 fully saturated rings. The van der Waals surface area contributed by atoms with Crippen LogP contribution in [0.2, 0.25) is 0 Å². The molecule has 0 aromatic carbocycles. The lowest BCUT2D eigenvalue weighted by molar-refractivity contribution is -0.0584. The number of nitrogens with zero attached hydrogens (tertiary/aromatic N) is 7. The van der Waals surface area contributed by atoms with Crippen molar-refractivity contribution in [1.29, 1.82) is 0 Å². The Morgan fingerprint density at radius 3 is 2.60 bits per heavy atom. The number of H-pyrrole nitrogens is 1. The van der Waals surface area contributed by atoms with Crippen molar-refractivity contribution in [2.75, 3.05) is 31.3 Å². The van der Waals surface area contributed by atoms with Crippen molar-refractivity contribution in [2.24, 2.45) is 0 Å². The van der Waals surface area contributed by atoms with Crippen molar-refractivity contribution in [3.8, 4) is 0 Å². The molecule has 0 saturated carbocycles. The molecule has 4 aromatic rings. The molecule has 4 aromatic heterocycles. The predicted octanol–water partition coefficient (Wildman–Crippen LogP) is 0.556. The average molecular weight is 657 g/mol. The Labute approximate surface area is 246 Å². The van der Waals surface area contributed by atoms with Gasteiger partial charge in [-0.3, -0.25) is 23.5 Å². The zero-order valence-electron chi connectivity index (χ0n) is 22.3. The molecule has 6 N–H and O–H groups in total. The third-order valence-corrected chi connectivity index (χ3v) is 10.1. The van der Waals surface area contributed by atoms with Gasteiger partial charge in [-0.25, -0.2) is 19.9 Å². The van der Waals surface area contributed by atoms with E-state index in [-0.39, 0.29) is 49.0 Å². The topological polar surface area (TPSA) is 252 Å². The van der Waals surface area contributed by atoms with Crippen LogP contribution in [0.1, 0.15) is 25.3 Å². The molecule has 3 saturated heterocycles. The van der Waals surface area contributed by atoms with E-state index >= 15 is 0 Å². The van der Waals surface area contributed by atoms with Crippen LogP contribution in [0.15, 0.2) is 23.8 Å². The number of hydrogen-bond acceptors (Lipinski definition) is 16. The molecule has 19 nitrogen and oxygen atoms in total. The van der Waals surface area contributed by atoms with Crippen LogP contribution < -0.4 is 17.0 Å². The highest BCUT2D eigenvalue weighted by molar-refractivity contribution is 8.07. The van der Waals surface area contributed by atoms with E-state index in [1.807, 2.05) is 0 Å². The summed E-state index contributed by atoms with van der Waals surface area (Å²) in [6.07, 6.45) is -0.280. The molecule has 3 aliphatic rings. The molecule has 22 heteroatoms. The third-order valence-electron chi connectivity index (χ3n) is 7.24. The Hall–Kier alpha value is -2.90. The first-order valence-corrected chi connectivity index (χ1v) is 17.6. The standard InChI is InChI=1S/C21H26N10O9P2S/c1-41(33)35-5-12-10(3-13(38-12)30-7-26-14-16(22)24-6-25-17(14)30)40-42(34,43)36-4-9-2-11(39-41)20(37-9)31-8-27-15-18(31)28-21(23)29-19(15)32/h6-13,20H,2-5H2,1H3,(H,34,43)(H2,22,24,25)(H3,23,28,29,32)/t9-,10+,11+,12+,13+,20+,41?,42?/m0/s1. The highest BCUT2D eigenvalue weighted by Gasteiger charge is 2.46. The lowest BCUT2D eigenvalue weighted by atomic mass is 10.2. The second-order valence-electron chi connectivity index (χ2n) is 10.2. The van der Waals surface area contributed by atoms with Gasteiger partial charge >= 0.3 is 14.3 Å². The second-order valence-corrected chi connectivity index (χ2v) is 15.0. The van der Waals surface area contributed by atoms with Crippen molar-refractivity contribution in [2.45, 2.75) is 49.7 Å². The van der Waals surface area contributed by atoms with E-state index in [1.54, 1.807) is 4.57 Å². The van der Waals surface area contributed by atoms with Gasteiger partial charge in [0, 0.05) is 19.5 Å². The minimum atomic E-state index is -3.83. The van der Waals surface area contributed by atoms with E-state index in [2.05, 4.69) is 29.9 Å². The van der Waals surface area contributed by atoms with Crippen molar-refractivity contribution in [1.82, 2.24) is 39.0 Å². The average Bonchev–Trinajstić information content (AvgIpc) is 3.71. The zero-order chi connectivity index (χ0) is 30.1. The quantitative estimate of drug-likeness (QED) is 0.215. The van der Waals surface area contributed by atoms with Crippen molar-refractivity contribution < 1.29 is 37.0 Å². The first kappa shape index (κ1) is 28.8. The minimum absolute atomic E-state index is 0.0274. The van der Waals surface area contributed by atoms with Crippen molar-refractivity contribution >= 4 is 60.2 Å². The van der Waals surface area contributed by atoms with E-state index in [9.17, 15) is 14.3 Å². The summed E-state index contributed by atoms with van der Waals surface area (Å²) in [6.45, 7) is -2.93. The number of aromatic nitrogens is 8. The molecule has 7 rings (SSSR count). The number of nitrogen functional groups attached to an aromatic ring is 2. The van der Waals surface area contributed by atoms with Gasteiger partial charge in [0.25, 0.3) is 5.56 Å². The molecule has 3 aliphatic heterocycles. The number of hydrogen-bond donors (Lipinski definition) is 4. The van der Waals surface area contributed by atoms with Gasteiger partial charge < -0.3 is 43.9 Å². The van der Waals surface area contributed by atoms with E-state index in [0.29, 0.717) is 11.2 Å². The highest BCUT2D eigenvalue weighted by Crippen LogP contribution is 2.54. The van der Waals surface area contributed by atoms with Crippen LogP contribution in [-0.2, 0) is 43.9 Å². The SMILES string of the molecule is CP1(=O)OC[C@H]2O[C@@H](n3cnc4c(N)ncnc43)C[C@H]2OP(O)(=S)OC[C@@H]2C[C@@H](O1)[C@H](n1cnc3c(=O)[nH]c(N)nc31)O2. The van der Waals surface area contributed by atoms with Crippen LogP contribution >= 0.6 is 14.3 Å². The first-order valence-electron chi connectivity index (χ1n) is 13.0. The second kappa shape index (κ2) is 10.6. The Bertz CT molecular complexity index is 1870. The molecule has 0 radical (unpaired) electrons. The molecule has 2 bridgehead atoms. The molecular formula is C21H26N10O9P2S. The van der Waals surface area contributed by atoms with Gasteiger partial charge in [0.05, 0.1) is 38.1 Å². The van der Waals surface area contributed by atoms with Crippen molar-refractivity contribution in [3.05, 3.63) is 29.3 Å². The fourth-order valence-corrected chi connectivity index (χ4v) is 8.02. The van der Waals surface area contributed by atoms with Gasteiger partial charge in [-0.15, -0.1) is 0 Å². The van der Waals surface area contributed by atoms with E-state index in [4.69, 9.17) is 50.8 Å². The van der Waals surface area contributed by atoms with Gasteiger partial charge in [0.2, 0.25) is 5.95 Å². The molecule has 43 heavy (non-hydrogen) atoms. The number of ether oxygens (including phenoxy) is 2. The lowest BCUT2D eigenvalue weighted by Crippen LogP contribution is -2.29. The number of imidazole rings is 2. The van der Waals surface area contributed by atoms with E-state index < -0.39 is 56.7 Å². The largest absolute Gasteiger partial charge is 0.382 e. The number of fused-ring (bicyclic) bond motifs is 5. The molecule has 7 heterocycles. The maximum absolute atomic E-state index is 13.6. The Morgan fingerprint density at radius 1 is 0.977 bits per heavy atom. The molecule has 230 valence electrons. The fraction of sp³-hybridized carbons (Fsp3) is 0.524. The molecule has 0 amide bonds. The van der Waals surface area contributed by atoms with Gasteiger partial charge in [0.1, 0.15) is 30.3 Å². The molecule has 2 unspecified atom stereocenters. The Kier molecular flexibility index (Phi) is 7.13. The van der Waals surface area contributed by atoms with E-state index in [0.717, 1.165) is 0 Å². The molecule has 0 spiro atoms. The van der Waals surface area contributed by atoms with Crippen LogP contribution in [0.25, 0.3) is 22.3 Å². The van der Waals surface area contributed by atoms with Gasteiger partial charge in [0.15, 0.2) is 28.9 Å². The van der Waals surface area contributed by atoms with E-state index in [1.165, 1.54) is 30.2 Å². The summed E-state index contributed by atoms with van der Waals surface area (Å²) in [5.41, 5.74) is 12.1. The summed E-state index contributed by atoms with van der Waals surface area (Å²) in [5.74, 6) is 0.0838. The fourth-order valence-electron chi connectivity index (χ4n) is 5.37. The van der Waals surface area contributed by atoms with Crippen molar-refractivity contribution in [3.63, 3.8) is 0 Å². The van der Waals surface area contributed by atoms with Crippen LogP contribution in [0.3, 0.4) is 0 Å². The summed E-state index contributed by atoms with van der Waals surface area (Å²) in [6, 6.07) is 0. The maximum Gasteiger partial charge on any atom is 0.328 e. The molecule has 8 atom stereocenters. The summed E-state index contributed by atoms with van der Waals surface area (Å²) in [4.78, 5) is 46.5. The summed E-state index contributed by atoms with van der Waals surface area (Å²) < 4.78 is 52.4. The number of aromatic amines is 1. The minimum Gasteiger partial charge on any atom is -0.382 e. The van der Waals surface area contributed by atoms with Gasteiger partial charge in [-0.2, -0.15) is 4.98 Å².